The molecule has 1 aliphatic rings. The lowest BCUT2D eigenvalue weighted by atomic mass is 10.3. The number of aliphatic hydroxyl groups is 2. The molecule has 1 fully saturated rings. The van der Waals surface area contributed by atoms with Crippen molar-refractivity contribution in [2.24, 2.45) is 0 Å². The molecule has 2 heterocycles. The van der Waals surface area contributed by atoms with Gasteiger partial charge < -0.3 is 19.8 Å². The molecule has 1 aliphatic heterocycles. The van der Waals surface area contributed by atoms with Gasteiger partial charge in [-0.3, -0.25) is 4.79 Å². The van der Waals surface area contributed by atoms with Gasteiger partial charge in [0.1, 0.15) is 0 Å². The van der Waals surface area contributed by atoms with Gasteiger partial charge in [-0.2, -0.15) is 5.10 Å². The maximum atomic E-state index is 11.8. The fourth-order valence-electron chi connectivity index (χ4n) is 1.81. The Kier molecular flexibility index (Phi) is 4.29. The van der Waals surface area contributed by atoms with Crippen LogP contribution in [0.3, 0.4) is 0 Å². The highest BCUT2D eigenvalue weighted by Gasteiger charge is 2.13. The van der Waals surface area contributed by atoms with Crippen LogP contribution in [0.1, 0.15) is 0 Å². The molecular formula is C11H17N3O4. The summed E-state index contributed by atoms with van der Waals surface area (Å²) in [7, 11) is 0. The van der Waals surface area contributed by atoms with Crippen LogP contribution in [-0.4, -0.2) is 59.0 Å². The van der Waals surface area contributed by atoms with Crippen LogP contribution in [0.5, 0.6) is 0 Å². The van der Waals surface area contributed by atoms with E-state index in [1.165, 1.54) is 6.07 Å². The van der Waals surface area contributed by atoms with Gasteiger partial charge in [-0.1, -0.05) is 0 Å². The topological polar surface area (TPSA) is 87.8 Å². The van der Waals surface area contributed by atoms with Crippen LogP contribution in [0.2, 0.25) is 0 Å². The Labute approximate surface area is 104 Å². The largest absolute Gasteiger partial charge is 0.394 e. The summed E-state index contributed by atoms with van der Waals surface area (Å²) in [5, 5.41) is 22.0. The third-order valence-corrected chi connectivity index (χ3v) is 2.83. The second-order valence-corrected chi connectivity index (χ2v) is 4.17. The Hall–Kier alpha value is -1.44. The molecule has 0 amide bonds. The molecule has 1 unspecified atom stereocenters. The molecule has 2 rings (SSSR count). The molecule has 0 spiro atoms. The predicted octanol–water partition coefficient (Wildman–Crippen LogP) is -1.57. The van der Waals surface area contributed by atoms with Crippen molar-refractivity contribution in [3.05, 3.63) is 22.6 Å². The summed E-state index contributed by atoms with van der Waals surface area (Å²) in [5.41, 5.74) is 0.476. The minimum absolute atomic E-state index is 0.00127. The van der Waals surface area contributed by atoms with Gasteiger partial charge in [0.25, 0.3) is 5.56 Å². The van der Waals surface area contributed by atoms with Gasteiger partial charge in [0.15, 0.2) is 0 Å². The summed E-state index contributed by atoms with van der Waals surface area (Å²) < 4.78 is 6.38. The SMILES string of the molecule is O=c1cc(N2CCOCC2)cnn1CC(O)CO. The van der Waals surface area contributed by atoms with Crippen LogP contribution >= 0.6 is 0 Å². The highest BCUT2D eigenvalue weighted by molar-refractivity contribution is 5.43. The van der Waals surface area contributed by atoms with Crippen molar-refractivity contribution in [3.63, 3.8) is 0 Å². The maximum absolute atomic E-state index is 11.8. The average Bonchev–Trinajstić information content (AvgIpc) is 2.42. The number of aromatic nitrogens is 2. The first kappa shape index (κ1) is 13.0. The zero-order chi connectivity index (χ0) is 13.0. The third-order valence-electron chi connectivity index (χ3n) is 2.83. The first-order chi connectivity index (χ1) is 8.70. The Balaban J connectivity index is 2.11. The first-order valence-corrected chi connectivity index (χ1v) is 5.89. The fraction of sp³-hybridized carbons (Fsp3) is 0.636. The quantitative estimate of drug-likeness (QED) is 0.676. The van der Waals surface area contributed by atoms with Crippen molar-refractivity contribution in [3.8, 4) is 0 Å². The molecule has 1 aromatic heterocycles. The van der Waals surface area contributed by atoms with E-state index in [2.05, 4.69) is 5.10 Å². The second-order valence-electron chi connectivity index (χ2n) is 4.17. The summed E-state index contributed by atoms with van der Waals surface area (Å²) >= 11 is 0. The zero-order valence-corrected chi connectivity index (χ0v) is 10.0. The van der Waals surface area contributed by atoms with Crippen LogP contribution < -0.4 is 10.5 Å². The Bertz CT molecular complexity index is 442. The lowest BCUT2D eigenvalue weighted by Gasteiger charge is -2.28. The molecule has 2 N–H and O–H groups in total. The van der Waals surface area contributed by atoms with Crippen molar-refractivity contribution >= 4 is 5.69 Å². The van der Waals surface area contributed by atoms with Gasteiger partial charge in [0.2, 0.25) is 0 Å². The molecule has 7 nitrogen and oxygen atoms in total. The smallest absolute Gasteiger partial charge is 0.268 e. The van der Waals surface area contributed by atoms with E-state index in [1.807, 2.05) is 4.90 Å². The minimum Gasteiger partial charge on any atom is -0.394 e. The van der Waals surface area contributed by atoms with Crippen molar-refractivity contribution in [2.45, 2.75) is 12.6 Å². The number of hydrogen-bond acceptors (Lipinski definition) is 6. The van der Waals surface area contributed by atoms with Gasteiger partial charge in [-0.25, -0.2) is 4.68 Å². The number of morpholine rings is 1. The standard InChI is InChI=1S/C11H17N3O4/c15-8-10(16)7-14-11(17)5-9(6-12-14)13-1-3-18-4-2-13/h5-6,10,15-16H,1-4,7-8H2. The van der Waals surface area contributed by atoms with E-state index in [1.54, 1.807) is 6.20 Å². The molecule has 18 heavy (non-hydrogen) atoms. The Morgan fingerprint density at radius 1 is 1.44 bits per heavy atom. The van der Waals surface area contributed by atoms with Crippen LogP contribution in [0.15, 0.2) is 17.1 Å². The summed E-state index contributed by atoms with van der Waals surface area (Å²) in [6.07, 6.45) is 0.626. The molecule has 7 heteroatoms. The summed E-state index contributed by atoms with van der Waals surface area (Å²) in [5.74, 6) is 0. The van der Waals surface area contributed by atoms with E-state index < -0.39 is 6.10 Å². The molecule has 0 saturated carbocycles. The van der Waals surface area contributed by atoms with Crippen LogP contribution in [0.25, 0.3) is 0 Å². The normalized spacial score (nSPS) is 17.8. The molecule has 1 aromatic rings. The molecular weight excluding hydrogens is 238 g/mol. The van der Waals surface area contributed by atoms with Gasteiger partial charge in [-0.15, -0.1) is 0 Å². The van der Waals surface area contributed by atoms with Crippen molar-refractivity contribution in [1.82, 2.24) is 9.78 Å². The lowest BCUT2D eigenvalue weighted by Crippen LogP contribution is -2.38. The molecule has 0 aromatic carbocycles. The fourth-order valence-corrected chi connectivity index (χ4v) is 1.81. The van der Waals surface area contributed by atoms with Crippen molar-refractivity contribution in [1.29, 1.82) is 0 Å². The Morgan fingerprint density at radius 2 is 2.17 bits per heavy atom. The van der Waals surface area contributed by atoms with Gasteiger partial charge in [-0.05, 0) is 0 Å². The predicted molar refractivity (Wildman–Crippen MR) is 64.6 cm³/mol. The summed E-state index contributed by atoms with van der Waals surface area (Å²) in [6.45, 7) is 2.38. The van der Waals surface area contributed by atoms with Crippen molar-refractivity contribution < 1.29 is 14.9 Å². The van der Waals surface area contributed by atoms with Gasteiger partial charge >= 0.3 is 0 Å². The number of nitrogens with zero attached hydrogens (tertiary/aromatic N) is 3. The number of rotatable bonds is 4. The highest BCUT2D eigenvalue weighted by atomic mass is 16.5. The van der Waals surface area contributed by atoms with Crippen LogP contribution in [0.4, 0.5) is 5.69 Å². The second kappa shape index (κ2) is 5.94. The Morgan fingerprint density at radius 3 is 2.78 bits per heavy atom. The van der Waals surface area contributed by atoms with Crippen molar-refractivity contribution in [2.75, 3.05) is 37.8 Å². The highest BCUT2D eigenvalue weighted by Crippen LogP contribution is 2.11. The minimum atomic E-state index is -0.968. The first-order valence-electron chi connectivity index (χ1n) is 5.89. The van der Waals surface area contributed by atoms with E-state index in [0.717, 1.165) is 23.5 Å². The zero-order valence-electron chi connectivity index (χ0n) is 10.0. The molecule has 1 atom stereocenters. The summed E-state index contributed by atoms with van der Waals surface area (Å²) in [4.78, 5) is 13.8. The van der Waals surface area contributed by atoms with Gasteiger partial charge in [0, 0.05) is 19.2 Å². The maximum Gasteiger partial charge on any atom is 0.268 e. The lowest BCUT2D eigenvalue weighted by molar-refractivity contribution is 0.0769. The third kappa shape index (κ3) is 3.06. The van der Waals surface area contributed by atoms with E-state index in [-0.39, 0.29) is 18.7 Å². The molecule has 100 valence electrons. The molecule has 1 saturated heterocycles. The van der Waals surface area contributed by atoms with E-state index in [9.17, 15) is 9.90 Å². The summed E-state index contributed by atoms with van der Waals surface area (Å²) in [6, 6.07) is 1.49. The number of aliphatic hydroxyl groups excluding tert-OH is 2. The number of anilines is 1. The molecule has 0 bridgehead atoms. The van der Waals surface area contributed by atoms with E-state index in [0.29, 0.717) is 13.2 Å². The van der Waals surface area contributed by atoms with E-state index in [4.69, 9.17) is 9.84 Å². The molecule has 0 radical (unpaired) electrons. The number of hydrogen-bond donors (Lipinski definition) is 2. The van der Waals surface area contributed by atoms with E-state index >= 15 is 0 Å². The van der Waals surface area contributed by atoms with Crippen LogP contribution in [-0.2, 0) is 11.3 Å². The van der Waals surface area contributed by atoms with Gasteiger partial charge in [0.05, 0.1) is 44.4 Å². The monoisotopic (exact) mass is 255 g/mol. The average molecular weight is 255 g/mol. The van der Waals surface area contributed by atoms with Crippen LogP contribution in [0, 0.1) is 0 Å². The molecule has 0 aliphatic carbocycles. The number of ether oxygens (including phenoxy) is 1.